The van der Waals surface area contributed by atoms with E-state index in [1.165, 1.54) is 53.7 Å². The van der Waals surface area contributed by atoms with Crippen LogP contribution in [0.1, 0.15) is 36.7 Å². The summed E-state index contributed by atoms with van der Waals surface area (Å²) in [6, 6.07) is 12.0. The van der Waals surface area contributed by atoms with Gasteiger partial charge >= 0.3 is 5.97 Å². The molecule has 10 heteroatoms. The Morgan fingerprint density at radius 2 is 1.61 bits per heavy atom. The van der Waals surface area contributed by atoms with E-state index in [9.17, 15) is 22.8 Å². The highest BCUT2D eigenvalue weighted by molar-refractivity contribution is 7.89. The summed E-state index contributed by atoms with van der Waals surface area (Å²) in [5.74, 6) is -1.86. The zero-order chi connectivity index (χ0) is 24.6. The summed E-state index contributed by atoms with van der Waals surface area (Å²) in [5, 5.41) is 2.57. The number of ether oxygens (including phenoxy) is 1. The van der Waals surface area contributed by atoms with Gasteiger partial charge in [0.1, 0.15) is 0 Å². The lowest BCUT2D eigenvalue weighted by molar-refractivity contribution is -0.148. The average molecular weight is 474 g/mol. The molecule has 0 heterocycles. The SMILES string of the molecule is CCN(CC)S(=O)(=O)c1ccc(/C=C/C(=O)OC(C)C(=O)Nc2ccc(C(N)=O)cc2)cc1. The summed E-state index contributed by atoms with van der Waals surface area (Å²) in [5.41, 5.74) is 6.49. The van der Waals surface area contributed by atoms with Crippen LogP contribution in [0.2, 0.25) is 0 Å². The quantitative estimate of drug-likeness (QED) is 0.402. The number of esters is 1. The van der Waals surface area contributed by atoms with Crippen molar-refractivity contribution < 1.29 is 27.5 Å². The highest BCUT2D eigenvalue weighted by Crippen LogP contribution is 2.17. The lowest BCUT2D eigenvalue weighted by Crippen LogP contribution is -2.30. The fourth-order valence-electron chi connectivity index (χ4n) is 2.86. The number of primary amides is 1. The van der Waals surface area contributed by atoms with Crippen molar-refractivity contribution in [2.45, 2.75) is 31.8 Å². The van der Waals surface area contributed by atoms with Gasteiger partial charge in [0.25, 0.3) is 5.91 Å². The van der Waals surface area contributed by atoms with Crippen LogP contribution in [0.15, 0.2) is 59.5 Å². The van der Waals surface area contributed by atoms with Gasteiger partial charge < -0.3 is 15.8 Å². The number of nitrogens with two attached hydrogens (primary N) is 1. The van der Waals surface area contributed by atoms with Crippen LogP contribution in [0.25, 0.3) is 6.08 Å². The van der Waals surface area contributed by atoms with Gasteiger partial charge in [-0.2, -0.15) is 4.31 Å². The van der Waals surface area contributed by atoms with Gasteiger partial charge in [0.05, 0.1) is 4.90 Å². The van der Waals surface area contributed by atoms with E-state index in [2.05, 4.69) is 5.32 Å². The topological polar surface area (TPSA) is 136 Å². The maximum Gasteiger partial charge on any atom is 0.331 e. The van der Waals surface area contributed by atoms with Crippen molar-refractivity contribution in [3.63, 3.8) is 0 Å². The maximum absolute atomic E-state index is 12.5. The fourth-order valence-corrected chi connectivity index (χ4v) is 4.31. The summed E-state index contributed by atoms with van der Waals surface area (Å²) in [4.78, 5) is 35.5. The maximum atomic E-state index is 12.5. The van der Waals surface area contributed by atoms with Gasteiger partial charge in [0.2, 0.25) is 15.9 Å². The highest BCUT2D eigenvalue weighted by atomic mass is 32.2. The van der Waals surface area contributed by atoms with E-state index in [1.54, 1.807) is 26.0 Å². The van der Waals surface area contributed by atoms with E-state index in [0.29, 0.717) is 29.9 Å². The third-order valence-corrected chi connectivity index (χ3v) is 6.80. The first-order chi connectivity index (χ1) is 15.6. The molecule has 3 N–H and O–H groups in total. The number of amides is 2. The Morgan fingerprint density at radius 1 is 1.03 bits per heavy atom. The number of benzene rings is 2. The van der Waals surface area contributed by atoms with Gasteiger partial charge in [-0.25, -0.2) is 13.2 Å². The molecule has 0 aliphatic rings. The second-order valence-corrected chi connectivity index (χ2v) is 8.94. The molecule has 33 heavy (non-hydrogen) atoms. The normalized spacial score (nSPS) is 12.5. The number of hydrogen-bond donors (Lipinski definition) is 2. The van der Waals surface area contributed by atoms with E-state index in [1.807, 2.05) is 0 Å². The van der Waals surface area contributed by atoms with E-state index >= 15 is 0 Å². The van der Waals surface area contributed by atoms with Gasteiger partial charge in [0.15, 0.2) is 6.10 Å². The molecule has 9 nitrogen and oxygen atoms in total. The lowest BCUT2D eigenvalue weighted by Gasteiger charge is -2.18. The third kappa shape index (κ3) is 6.99. The molecule has 0 fully saturated rings. The molecular formula is C23H27N3O6S. The van der Waals surface area contributed by atoms with Crippen molar-refractivity contribution in [3.05, 3.63) is 65.7 Å². The van der Waals surface area contributed by atoms with E-state index in [0.717, 1.165) is 6.08 Å². The van der Waals surface area contributed by atoms with Crippen LogP contribution in [0.5, 0.6) is 0 Å². The Hall–Kier alpha value is -3.50. The zero-order valence-electron chi connectivity index (χ0n) is 18.6. The number of nitrogens with one attached hydrogen (secondary N) is 1. The number of sulfonamides is 1. The second-order valence-electron chi connectivity index (χ2n) is 7.00. The summed E-state index contributed by atoms with van der Waals surface area (Å²) in [6.45, 7) is 5.70. The first-order valence-electron chi connectivity index (χ1n) is 10.3. The molecule has 1 atom stereocenters. The first kappa shape index (κ1) is 25.8. The molecule has 0 saturated heterocycles. The number of hydrogen-bond acceptors (Lipinski definition) is 6. The molecule has 0 spiro atoms. The van der Waals surface area contributed by atoms with Crippen molar-refractivity contribution in [1.82, 2.24) is 4.31 Å². The Morgan fingerprint density at radius 3 is 2.12 bits per heavy atom. The van der Waals surface area contributed by atoms with Gasteiger partial charge in [-0.05, 0) is 55.0 Å². The van der Waals surface area contributed by atoms with E-state index < -0.39 is 33.9 Å². The standard InChI is InChI=1S/C23H27N3O6S/c1-4-26(5-2)33(30,31)20-13-6-17(7-14-20)8-15-21(27)32-16(3)23(29)25-19-11-9-18(10-12-19)22(24)28/h6-16H,4-5H2,1-3H3,(H2,24,28)(H,25,29)/b15-8+. The molecule has 2 aromatic rings. The smallest absolute Gasteiger partial charge is 0.331 e. The zero-order valence-corrected chi connectivity index (χ0v) is 19.5. The number of rotatable bonds is 10. The monoisotopic (exact) mass is 473 g/mol. The van der Waals surface area contributed by atoms with Crippen molar-refractivity contribution in [1.29, 1.82) is 0 Å². The van der Waals surface area contributed by atoms with Crippen LogP contribution in [-0.4, -0.2) is 49.7 Å². The van der Waals surface area contributed by atoms with Crippen LogP contribution < -0.4 is 11.1 Å². The molecule has 0 aliphatic heterocycles. The number of carbonyl (C=O) groups is 3. The minimum absolute atomic E-state index is 0.167. The molecule has 2 rings (SSSR count). The lowest BCUT2D eigenvalue weighted by atomic mass is 10.2. The molecule has 0 bridgehead atoms. The van der Waals surface area contributed by atoms with Gasteiger partial charge in [-0.3, -0.25) is 9.59 Å². The Balaban J connectivity index is 1.94. The van der Waals surface area contributed by atoms with Crippen molar-refractivity contribution >= 4 is 39.6 Å². The molecule has 2 amide bonds. The fraction of sp³-hybridized carbons (Fsp3) is 0.261. The first-order valence-corrected chi connectivity index (χ1v) is 11.7. The minimum Gasteiger partial charge on any atom is -0.449 e. The summed E-state index contributed by atoms with van der Waals surface area (Å²) in [6.07, 6.45) is 1.54. The molecule has 0 radical (unpaired) electrons. The van der Waals surface area contributed by atoms with Crippen LogP contribution in [0.4, 0.5) is 5.69 Å². The van der Waals surface area contributed by atoms with Gasteiger partial charge in [0, 0.05) is 30.4 Å². The van der Waals surface area contributed by atoms with Crippen LogP contribution in [0, 0.1) is 0 Å². The summed E-state index contributed by atoms with van der Waals surface area (Å²) < 4.78 is 31.5. The third-order valence-electron chi connectivity index (χ3n) is 4.73. The molecule has 0 aliphatic carbocycles. The molecule has 1 unspecified atom stereocenters. The van der Waals surface area contributed by atoms with E-state index in [4.69, 9.17) is 10.5 Å². The summed E-state index contributed by atoms with van der Waals surface area (Å²) in [7, 11) is -3.56. The van der Waals surface area contributed by atoms with Crippen LogP contribution in [0.3, 0.4) is 0 Å². The molecule has 0 aromatic heterocycles. The van der Waals surface area contributed by atoms with Gasteiger partial charge in [-0.15, -0.1) is 0 Å². The predicted molar refractivity (Wildman–Crippen MR) is 125 cm³/mol. The second kappa shape index (κ2) is 11.4. The van der Waals surface area contributed by atoms with Crippen LogP contribution in [-0.2, 0) is 24.3 Å². The Kier molecular flexibility index (Phi) is 8.89. The van der Waals surface area contributed by atoms with Crippen molar-refractivity contribution in [2.75, 3.05) is 18.4 Å². The number of carbonyl (C=O) groups excluding carboxylic acids is 3. The van der Waals surface area contributed by atoms with Crippen LogP contribution >= 0.6 is 0 Å². The highest BCUT2D eigenvalue weighted by Gasteiger charge is 2.21. The van der Waals surface area contributed by atoms with Gasteiger partial charge in [-0.1, -0.05) is 26.0 Å². The summed E-state index contributed by atoms with van der Waals surface area (Å²) >= 11 is 0. The number of nitrogens with zero attached hydrogens (tertiary/aromatic N) is 1. The number of anilines is 1. The average Bonchev–Trinajstić information content (AvgIpc) is 2.79. The van der Waals surface area contributed by atoms with Crippen molar-refractivity contribution in [3.8, 4) is 0 Å². The predicted octanol–water partition coefficient (Wildman–Crippen LogP) is 2.40. The van der Waals surface area contributed by atoms with Crippen molar-refractivity contribution in [2.24, 2.45) is 5.73 Å². The minimum atomic E-state index is -3.56. The molecule has 2 aromatic carbocycles. The molecular weight excluding hydrogens is 446 g/mol. The molecule has 176 valence electrons. The van der Waals surface area contributed by atoms with E-state index in [-0.39, 0.29) is 4.90 Å². The molecule has 0 saturated carbocycles. The Bertz CT molecular complexity index is 1120. The Labute approximate surface area is 193 Å². The largest absolute Gasteiger partial charge is 0.449 e.